The van der Waals surface area contributed by atoms with Crippen LogP contribution in [0.3, 0.4) is 0 Å². The molecule has 0 aliphatic heterocycles. The largest absolute Gasteiger partial charge is 0.507 e. The Labute approximate surface area is 124 Å². The molecular weight excluding hydrogens is 268 g/mol. The maximum atomic E-state index is 11.9. The van der Waals surface area contributed by atoms with E-state index in [2.05, 4.69) is 30.7 Å². The number of hydrogen-bond donors (Lipinski definition) is 2. The Hall–Kier alpha value is -2.30. The van der Waals surface area contributed by atoms with Gasteiger partial charge >= 0.3 is 5.97 Å². The standard InChI is InChI=1S/C16H20N2O3/c1-16(2,3)11-5-10(6-12-8-17-9-18-12)14(19)13(7-11)15(20)21-4/h5,7-9,19H,6H2,1-4H3,(H,17,18). The minimum Gasteiger partial charge on any atom is -0.507 e. The van der Waals surface area contributed by atoms with E-state index < -0.39 is 5.97 Å². The highest BCUT2D eigenvalue weighted by Gasteiger charge is 2.22. The molecule has 1 heterocycles. The summed E-state index contributed by atoms with van der Waals surface area (Å²) >= 11 is 0. The fraction of sp³-hybridized carbons (Fsp3) is 0.375. The van der Waals surface area contributed by atoms with Gasteiger partial charge in [0.1, 0.15) is 11.3 Å². The fourth-order valence-electron chi connectivity index (χ4n) is 2.11. The number of aromatic amines is 1. The number of hydrogen-bond acceptors (Lipinski definition) is 4. The number of carbonyl (C=O) groups excluding carboxylic acids is 1. The van der Waals surface area contributed by atoms with E-state index in [1.165, 1.54) is 7.11 Å². The zero-order valence-corrected chi connectivity index (χ0v) is 12.7. The lowest BCUT2D eigenvalue weighted by Crippen LogP contribution is -2.14. The molecule has 0 unspecified atom stereocenters. The van der Waals surface area contributed by atoms with Gasteiger partial charge in [0.05, 0.1) is 13.4 Å². The van der Waals surface area contributed by atoms with Crippen molar-refractivity contribution in [2.45, 2.75) is 32.6 Å². The van der Waals surface area contributed by atoms with E-state index in [1.54, 1.807) is 18.6 Å². The number of imidazole rings is 1. The summed E-state index contributed by atoms with van der Waals surface area (Å²) in [4.78, 5) is 18.8. The highest BCUT2D eigenvalue weighted by Crippen LogP contribution is 2.32. The van der Waals surface area contributed by atoms with Crippen molar-refractivity contribution in [2.24, 2.45) is 0 Å². The summed E-state index contributed by atoms with van der Waals surface area (Å²) in [6.45, 7) is 6.17. The molecule has 0 aliphatic carbocycles. The van der Waals surface area contributed by atoms with Crippen LogP contribution in [0.25, 0.3) is 0 Å². The molecule has 2 N–H and O–H groups in total. The number of phenols is 1. The van der Waals surface area contributed by atoms with Gasteiger partial charge in [-0.2, -0.15) is 0 Å². The Bertz CT molecular complexity index is 640. The quantitative estimate of drug-likeness (QED) is 0.852. The first kappa shape index (κ1) is 15.1. The Kier molecular flexibility index (Phi) is 4.02. The molecule has 5 heteroatoms. The average molecular weight is 288 g/mol. The summed E-state index contributed by atoms with van der Waals surface area (Å²) in [5.41, 5.74) is 2.56. The van der Waals surface area contributed by atoms with Gasteiger partial charge in [-0.25, -0.2) is 9.78 Å². The predicted molar refractivity (Wildman–Crippen MR) is 79.5 cm³/mol. The Morgan fingerprint density at radius 3 is 2.62 bits per heavy atom. The molecule has 112 valence electrons. The summed E-state index contributed by atoms with van der Waals surface area (Å²) in [5.74, 6) is -0.575. The predicted octanol–water partition coefficient (Wildman–Crippen LogP) is 2.79. The van der Waals surface area contributed by atoms with Crippen molar-refractivity contribution in [3.8, 4) is 5.75 Å². The van der Waals surface area contributed by atoms with E-state index in [0.29, 0.717) is 12.0 Å². The number of aromatic nitrogens is 2. The summed E-state index contributed by atoms with van der Waals surface area (Å²) in [5, 5.41) is 10.3. The third-order valence-electron chi connectivity index (χ3n) is 3.40. The van der Waals surface area contributed by atoms with Crippen LogP contribution in [-0.4, -0.2) is 28.2 Å². The first-order chi connectivity index (χ1) is 9.82. The maximum Gasteiger partial charge on any atom is 0.341 e. The average Bonchev–Trinajstić information content (AvgIpc) is 2.92. The van der Waals surface area contributed by atoms with Crippen molar-refractivity contribution in [1.82, 2.24) is 9.97 Å². The van der Waals surface area contributed by atoms with Gasteiger partial charge < -0.3 is 14.8 Å². The second-order valence-corrected chi connectivity index (χ2v) is 6.03. The second-order valence-electron chi connectivity index (χ2n) is 6.03. The SMILES string of the molecule is COC(=O)c1cc(C(C)(C)C)cc(Cc2cnc[nH]2)c1O. The number of esters is 1. The van der Waals surface area contributed by atoms with Gasteiger partial charge in [-0.3, -0.25) is 0 Å². The number of nitrogens with one attached hydrogen (secondary N) is 1. The van der Waals surface area contributed by atoms with Crippen molar-refractivity contribution in [1.29, 1.82) is 0 Å². The van der Waals surface area contributed by atoms with Gasteiger partial charge in [0, 0.05) is 23.9 Å². The van der Waals surface area contributed by atoms with E-state index in [4.69, 9.17) is 4.74 Å². The van der Waals surface area contributed by atoms with Crippen molar-refractivity contribution in [3.05, 3.63) is 47.0 Å². The number of aromatic hydroxyl groups is 1. The van der Waals surface area contributed by atoms with Crippen LogP contribution in [0.5, 0.6) is 5.75 Å². The van der Waals surface area contributed by atoms with E-state index in [9.17, 15) is 9.90 Å². The molecule has 0 spiro atoms. The van der Waals surface area contributed by atoms with Crippen LogP contribution in [0.1, 0.15) is 48.0 Å². The molecule has 0 saturated carbocycles. The van der Waals surface area contributed by atoms with E-state index in [0.717, 1.165) is 11.3 Å². The highest BCUT2D eigenvalue weighted by atomic mass is 16.5. The third kappa shape index (κ3) is 3.24. The molecule has 2 aromatic rings. The molecule has 1 aromatic heterocycles. The zero-order valence-electron chi connectivity index (χ0n) is 12.7. The molecule has 2 rings (SSSR count). The van der Waals surface area contributed by atoms with Gasteiger partial charge in [0.25, 0.3) is 0 Å². The first-order valence-corrected chi connectivity index (χ1v) is 6.75. The van der Waals surface area contributed by atoms with E-state index >= 15 is 0 Å². The topological polar surface area (TPSA) is 75.2 Å². The van der Waals surface area contributed by atoms with Crippen molar-refractivity contribution in [2.75, 3.05) is 7.11 Å². The molecule has 0 fully saturated rings. The zero-order chi connectivity index (χ0) is 15.6. The monoisotopic (exact) mass is 288 g/mol. The maximum absolute atomic E-state index is 11.9. The summed E-state index contributed by atoms with van der Waals surface area (Å²) < 4.78 is 4.76. The highest BCUT2D eigenvalue weighted by molar-refractivity contribution is 5.93. The van der Waals surface area contributed by atoms with Gasteiger partial charge in [-0.1, -0.05) is 26.8 Å². The summed E-state index contributed by atoms with van der Waals surface area (Å²) in [7, 11) is 1.31. The van der Waals surface area contributed by atoms with Gasteiger partial charge in [0.15, 0.2) is 0 Å². The minimum atomic E-state index is -0.538. The van der Waals surface area contributed by atoms with Crippen molar-refractivity contribution < 1.29 is 14.6 Å². The number of carbonyl (C=O) groups is 1. The second kappa shape index (κ2) is 5.60. The summed E-state index contributed by atoms with van der Waals surface area (Å²) in [6.07, 6.45) is 3.75. The van der Waals surface area contributed by atoms with Crippen molar-refractivity contribution in [3.63, 3.8) is 0 Å². The smallest absolute Gasteiger partial charge is 0.341 e. The minimum absolute atomic E-state index is 0.0375. The lowest BCUT2D eigenvalue weighted by atomic mass is 9.84. The number of nitrogens with zero attached hydrogens (tertiary/aromatic N) is 1. The van der Waals surface area contributed by atoms with Crippen LogP contribution >= 0.6 is 0 Å². The Morgan fingerprint density at radius 2 is 2.10 bits per heavy atom. The van der Waals surface area contributed by atoms with Crippen LogP contribution in [0, 0.1) is 0 Å². The number of rotatable bonds is 3. The van der Waals surface area contributed by atoms with Crippen LogP contribution in [0.4, 0.5) is 0 Å². The number of H-pyrrole nitrogens is 1. The molecule has 0 atom stereocenters. The van der Waals surface area contributed by atoms with Gasteiger partial charge in [0.2, 0.25) is 0 Å². The molecule has 0 saturated heterocycles. The summed E-state index contributed by atoms with van der Waals surface area (Å²) in [6, 6.07) is 3.61. The Morgan fingerprint density at radius 1 is 1.38 bits per heavy atom. The van der Waals surface area contributed by atoms with Gasteiger partial charge in [-0.05, 0) is 17.0 Å². The van der Waals surface area contributed by atoms with Crippen molar-refractivity contribution >= 4 is 5.97 Å². The number of phenolic OH excluding ortho intramolecular Hbond substituents is 1. The molecule has 0 bridgehead atoms. The van der Waals surface area contributed by atoms with Gasteiger partial charge in [-0.15, -0.1) is 0 Å². The molecule has 0 amide bonds. The van der Waals surface area contributed by atoms with E-state index in [-0.39, 0.29) is 16.7 Å². The lowest BCUT2D eigenvalue weighted by molar-refractivity contribution is 0.0597. The van der Waals surface area contributed by atoms with E-state index in [1.807, 2.05) is 6.07 Å². The Balaban J connectivity index is 2.54. The lowest BCUT2D eigenvalue weighted by Gasteiger charge is -2.22. The van der Waals surface area contributed by atoms with Crippen LogP contribution in [-0.2, 0) is 16.6 Å². The number of benzene rings is 1. The first-order valence-electron chi connectivity index (χ1n) is 6.75. The van der Waals surface area contributed by atoms with Crippen LogP contribution < -0.4 is 0 Å². The third-order valence-corrected chi connectivity index (χ3v) is 3.40. The number of methoxy groups -OCH3 is 1. The molecular formula is C16H20N2O3. The fourth-order valence-corrected chi connectivity index (χ4v) is 2.11. The molecule has 0 aliphatic rings. The van der Waals surface area contributed by atoms with Crippen LogP contribution in [0.2, 0.25) is 0 Å². The normalized spacial score (nSPS) is 11.4. The molecule has 21 heavy (non-hydrogen) atoms. The molecule has 1 aromatic carbocycles. The number of ether oxygens (including phenoxy) is 1. The molecule has 0 radical (unpaired) electrons. The van der Waals surface area contributed by atoms with Crippen LogP contribution in [0.15, 0.2) is 24.7 Å². The molecule has 5 nitrogen and oxygen atoms in total.